The molecule has 1 aromatic carbocycles. The van der Waals surface area contributed by atoms with Gasteiger partial charge >= 0.3 is 0 Å². The molecule has 0 aromatic heterocycles. The average molecular weight is 249 g/mol. The summed E-state index contributed by atoms with van der Waals surface area (Å²) in [5.74, 6) is 2.31. The fourth-order valence-electron chi connectivity index (χ4n) is 2.56. The molecule has 1 saturated carbocycles. The third kappa shape index (κ3) is 4.04. The molecule has 0 amide bonds. The van der Waals surface area contributed by atoms with Crippen LogP contribution in [0.3, 0.4) is 0 Å². The van der Waals surface area contributed by atoms with Gasteiger partial charge in [-0.25, -0.2) is 0 Å². The first-order chi connectivity index (χ1) is 8.40. The lowest BCUT2D eigenvalue weighted by molar-refractivity contribution is 0.621. The van der Waals surface area contributed by atoms with Crippen LogP contribution in [-0.4, -0.2) is 19.3 Å². The zero-order valence-corrected chi connectivity index (χ0v) is 11.5. The quantitative estimate of drug-likeness (QED) is 0.821. The first-order valence-corrected chi connectivity index (χ1v) is 7.76. The Bertz CT molecular complexity index is 306. The van der Waals surface area contributed by atoms with Crippen LogP contribution in [0.5, 0.6) is 0 Å². The lowest BCUT2D eigenvalue weighted by atomic mass is 10.1. The second-order valence-corrected chi connectivity index (χ2v) is 6.18. The van der Waals surface area contributed by atoms with Gasteiger partial charge in [0.1, 0.15) is 0 Å². The summed E-state index contributed by atoms with van der Waals surface area (Å²) in [7, 11) is 2.05. The smallest absolute Gasteiger partial charge is 0.0421 e. The molecule has 0 aliphatic heterocycles. The zero-order chi connectivity index (χ0) is 11.9. The predicted molar refractivity (Wildman–Crippen MR) is 77.5 cm³/mol. The molecule has 17 heavy (non-hydrogen) atoms. The number of rotatable bonds is 6. The molecular formula is C15H23NS. The summed E-state index contributed by atoms with van der Waals surface area (Å²) in [5, 5.41) is 3.93. The van der Waals surface area contributed by atoms with E-state index in [0.717, 1.165) is 12.5 Å². The first kappa shape index (κ1) is 13.0. The van der Waals surface area contributed by atoms with E-state index in [0.29, 0.717) is 5.25 Å². The van der Waals surface area contributed by atoms with Gasteiger partial charge in [-0.1, -0.05) is 43.2 Å². The van der Waals surface area contributed by atoms with Crippen LogP contribution >= 0.6 is 11.8 Å². The van der Waals surface area contributed by atoms with Crippen LogP contribution in [0.15, 0.2) is 30.3 Å². The van der Waals surface area contributed by atoms with Crippen LogP contribution < -0.4 is 5.32 Å². The highest BCUT2D eigenvalue weighted by molar-refractivity contribution is 7.99. The van der Waals surface area contributed by atoms with Crippen molar-refractivity contribution in [1.82, 2.24) is 5.32 Å². The lowest BCUT2D eigenvalue weighted by Gasteiger charge is -2.18. The molecule has 2 rings (SSSR count). The molecule has 1 nitrogen and oxygen atoms in total. The second-order valence-electron chi connectivity index (χ2n) is 4.94. The van der Waals surface area contributed by atoms with Crippen LogP contribution in [0.2, 0.25) is 0 Å². The zero-order valence-electron chi connectivity index (χ0n) is 10.7. The van der Waals surface area contributed by atoms with E-state index in [9.17, 15) is 0 Å². The Balaban J connectivity index is 1.88. The van der Waals surface area contributed by atoms with Gasteiger partial charge in [-0.3, -0.25) is 0 Å². The topological polar surface area (TPSA) is 12.0 Å². The van der Waals surface area contributed by atoms with Crippen LogP contribution in [0.25, 0.3) is 0 Å². The molecule has 0 spiro atoms. The summed E-state index contributed by atoms with van der Waals surface area (Å²) in [6.45, 7) is 1.07. The molecular weight excluding hydrogens is 226 g/mol. The van der Waals surface area contributed by atoms with Crippen LogP contribution in [0.1, 0.15) is 36.5 Å². The Morgan fingerprint density at radius 1 is 1.24 bits per heavy atom. The maximum absolute atomic E-state index is 3.32. The molecule has 1 atom stereocenters. The SMILES string of the molecule is CNCC(SCC1CCCC1)c1ccccc1. The van der Waals surface area contributed by atoms with Crippen LogP contribution in [0, 0.1) is 5.92 Å². The van der Waals surface area contributed by atoms with E-state index in [-0.39, 0.29) is 0 Å². The van der Waals surface area contributed by atoms with Crippen molar-refractivity contribution in [3.05, 3.63) is 35.9 Å². The van der Waals surface area contributed by atoms with Gasteiger partial charge in [0.15, 0.2) is 0 Å². The van der Waals surface area contributed by atoms with Gasteiger partial charge in [0.25, 0.3) is 0 Å². The average Bonchev–Trinajstić information content (AvgIpc) is 2.88. The number of nitrogens with one attached hydrogen (secondary N) is 1. The summed E-state index contributed by atoms with van der Waals surface area (Å²) < 4.78 is 0. The van der Waals surface area contributed by atoms with Gasteiger partial charge in [0.2, 0.25) is 0 Å². The van der Waals surface area contributed by atoms with Gasteiger partial charge in [-0.2, -0.15) is 11.8 Å². The van der Waals surface area contributed by atoms with E-state index >= 15 is 0 Å². The van der Waals surface area contributed by atoms with Gasteiger partial charge < -0.3 is 5.32 Å². The number of hydrogen-bond donors (Lipinski definition) is 1. The Labute approximate surface area is 109 Å². The fraction of sp³-hybridized carbons (Fsp3) is 0.600. The molecule has 94 valence electrons. The van der Waals surface area contributed by atoms with Gasteiger partial charge in [-0.05, 0) is 37.1 Å². The molecule has 1 N–H and O–H groups in total. The maximum Gasteiger partial charge on any atom is 0.0421 e. The van der Waals surface area contributed by atoms with E-state index in [4.69, 9.17) is 0 Å². The summed E-state index contributed by atoms with van der Waals surface area (Å²) >= 11 is 2.13. The molecule has 1 aliphatic rings. The Morgan fingerprint density at radius 2 is 1.94 bits per heavy atom. The van der Waals surface area contributed by atoms with Crippen molar-refractivity contribution in [2.75, 3.05) is 19.3 Å². The lowest BCUT2D eigenvalue weighted by Crippen LogP contribution is -2.16. The van der Waals surface area contributed by atoms with E-state index in [2.05, 4.69) is 47.4 Å². The molecule has 0 bridgehead atoms. The van der Waals surface area contributed by atoms with Crippen molar-refractivity contribution in [2.45, 2.75) is 30.9 Å². The second kappa shape index (κ2) is 7.07. The summed E-state index contributed by atoms with van der Waals surface area (Å²) in [6, 6.07) is 10.9. The van der Waals surface area contributed by atoms with Crippen molar-refractivity contribution >= 4 is 11.8 Å². The minimum atomic E-state index is 0.613. The number of thioether (sulfide) groups is 1. The predicted octanol–water partition coefficient (Wildman–Crippen LogP) is 3.87. The maximum atomic E-state index is 3.32. The fourth-order valence-corrected chi connectivity index (χ4v) is 4.03. The summed E-state index contributed by atoms with van der Waals surface area (Å²) in [5.41, 5.74) is 1.46. The number of likely N-dealkylation sites (N-methyl/N-ethyl adjacent to an activating group) is 1. The molecule has 0 saturated heterocycles. The van der Waals surface area contributed by atoms with Crippen molar-refractivity contribution in [3.63, 3.8) is 0 Å². The van der Waals surface area contributed by atoms with Crippen molar-refractivity contribution in [1.29, 1.82) is 0 Å². The van der Waals surface area contributed by atoms with Crippen molar-refractivity contribution in [2.24, 2.45) is 5.92 Å². The van der Waals surface area contributed by atoms with Gasteiger partial charge in [0.05, 0.1) is 0 Å². The highest BCUT2D eigenvalue weighted by Crippen LogP contribution is 2.34. The molecule has 1 aromatic rings. The Hall–Kier alpha value is -0.470. The molecule has 1 unspecified atom stereocenters. The number of hydrogen-bond acceptors (Lipinski definition) is 2. The standard InChI is InChI=1S/C15H23NS/c1-16-11-15(14-9-3-2-4-10-14)17-12-13-7-5-6-8-13/h2-4,9-10,13,15-16H,5-8,11-12H2,1H3. The summed E-state index contributed by atoms with van der Waals surface area (Å²) in [4.78, 5) is 0. The largest absolute Gasteiger partial charge is 0.318 e. The molecule has 2 heteroatoms. The van der Waals surface area contributed by atoms with Gasteiger partial charge in [-0.15, -0.1) is 0 Å². The van der Waals surface area contributed by atoms with E-state index < -0.39 is 0 Å². The van der Waals surface area contributed by atoms with Gasteiger partial charge in [0, 0.05) is 11.8 Å². The summed E-state index contributed by atoms with van der Waals surface area (Å²) in [6.07, 6.45) is 5.81. The molecule has 0 radical (unpaired) electrons. The minimum absolute atomic E-state index is 0.613. The van der Waals surface area contributed by atoms with E-state index in [1.807, 2.05) is 7.05 Å². The third-order valence-electron chi connectivity index (χ3n) is 3.57. The van der Waals surface area contributed by atoms with Crippen molar-refractivity contribution < 1.29 is 0 Å². The normalized spacial score (nSPS) is 18.4. The highest BCUT2D eigenvalue weighted by atomic mass is 32.2. The Kier molecular flexibility index (Phi) is 5.40. The number of benzene rings is 1. The first-order valence-electron chi connectivity index (χ1n) is 6.71. The van der Waals surface area contributed by atoms with E-state index in [1.165, 1.54) is 37.0 Å². The molecule has 1 fully saturated rings. The molecule has 1 aliphatic carbocycles. The minimum Gasteiger partial charge on any atom is -0.318 e. The van der Waals surface area contributed by atoms with E-state index in [1.54, 1.807) is 0 Å². The molecule has 0 heterocycles. The third-order valence-corrected chi connectivity index (χ3v) is 5.07. The van der Waals surface area contributed by atoms with Crippen molar-refractivity contribution in [3.8, 4) is 0 Å². The van der Waals surface area contributed by atoms with Crippen LogP contribution in [0.4, 0.5) is 0 Å². The Morgan fingerprint density at radius 3 is 2.59 bits per heavy atom. The van der Waals surface area contributed by atoms with Crippen LogP contribution in [-0.2, 0) is 0 Å². The monoisotopic (exact) mass is 249 g/mol. The highest BCUT2D eigenvalue weighted by Gasteiger charge is 2.18.